The predicted molar refractivity (Wildman–Crippen MR) is 141 cm³/mol. The summed E-state index contributed by atoms with van der Waals surface area (Å²) >= 11 is 0. The second kappa shape index (κ2) is 12.7. The third-order valence-corrected chi connectivity index (χ3v) is 5.07. The van der Waals surface area contributed by atoms with Crippen LogP contribution in [0.25, 0.3) is 12.2 Å². The van der Waals surface area contributed by atoms with Gasteiger partial charge in [-0.1, -0.05) is 18.2 Å². The number of rotatable bonds is 10. The van der Waals surface area contributed by atoms with Crippen molar-refractivity contribution < 1.29 is 28.5 Å². The van der Waals surface area contributed by atoms with Gasteiger partial charge in [0.1, 0.15) is 0 Å². The molecular formula is C28H28N2O6. The molecular weight excluding hydrogens is 460 g/mol. The summed E-state index contributed by atoms with van der Waals surface area (Å²) in [6.07, 6.45) is 6.17. The Morgan fingerprint density at radius 1 is 0.583 bits per heavy atom. The van der Waals surface area contributed by atoms with Crippen LogP contribution in [0.5, 0.6) is 23.0 Å². The molecule has 0 spiro atoms. The molecule has 0 heterocycles. The van der Waals surface area contributed by atoms with Crippen molar-refractivity contribution in [3.63, 3.8) is 0 Å². The van der Waals surface area contributed by atoms with Gasteiger partial charge in [0, 0.05) is 23.5 Å². The molecule has 2 N–H and O–H groups in total. The number of hydrogen-bond donors (Lipinski definition) is 2. The van der Waals surface area contributed by atoms with Gasteiger partial charge in [-0.15, -0.1) is 0 Å². The number of nitrogens with one attached hydrogen (secondary N) is 2. The maximum atomic E-state index is 12.4. The van der Waals surface area contributed by atoms with Crippen molar-refractivity contribution in [2.75, 3.05) is 39.1 Å². The number of carbonyl (C=O) groups is 2. The van der Waals surface area contributed by atoms with Gasteiger partial charge in [-0.25, -0.2) is 0 Å². The van der Waals surface area contributed by atoms with E-state index in [2.05, 4.69) is 10.6 Å². The van der Waals surface area contributed by atoms with Crippen LogP contribution in [0.15, 0.2) is 72.8 Å². The maximum absolute atomic E-state index is 12.4. The Hall–Kier alpha value is -4.72. The predicted octanol–water partition coefficient (Wildman–Crippen LogP) is 5.02. The highest BCUT2D eigenvalue weighted by molar-refractivity contribution is 6.04. The van der Waals surface area contributed by atoms with Crippen LogP contribution in [0.4, 0.5) is 11.4 Å². The van der Waals surface area contributed by atoms with Crippen molar-refractivity contribution in [3.8, 4) is 23.0 Å². The quantitative estimate of drug-likeness (QED) is 0.389. The van der Waals surface area contributed by atoms with Crippen LogP contribution in [0.1, 0.15) is 11.1 Å². The van der Waals surface area contributed by atoms with E-state index in [1.807, 2.05) is 12.1 Å². The Labute approximate surface area is 210 Å². The Morgan fingerprint density at radius 3 is 1.39 bits per heavy atom. The van der Waals surface area contributed by atoms with Crippen LogP contribution >= 0.6 is 0 Å². The normalized spacial score (nSPS) is 10.8. The van der Waals surface area contributed by atoms with Crippen molar-refractivity contribution in [1.82, 2.24) is 0 Å². The van der Waals surface area contributed by atoms with Gasteiger partial charge in [0.25, 0.3) is 0 Å². The first-order chi connectivity index (χ1) is 17.4. The number of hydrogen-bond acceptors (Lipinski definition) is 6. The van der Waals surface area contributed by atoms with E-state index in [0.717, 1.165) is 11.1 Å². The van der Waals surface area contributed by atoms with Gasteiger partial charge in [-0.2, -0.15) is 0 Å². The molecule has 0 aliphatic carbocycles. The molecule has 0 radical (unpaired) electrons. The first-order valence-corrected chi connectivity index (χ1v) is 11.0. The summed E-state index contributed by atoms with van der Waals surface area (Å²) in [6, 6.07) is 17.6. The molecule has 2 amide bonds. The molecule has 8 nitrogen and oxygen atoms in total. The highest BCUT2D eigenvalue weighted by Crippen LogP contribution is 2.29. The van der Waals surface area contributed by atoms with E-state index in [9.17, 15) is 9.59 Å². The minimum absolute atomic E-state index is 0.318. The van der Waals surface area contributed by atoms with E-state index < -0.39 is 0 Å². The lowest BCUT2D eigenvalue weighted by Crippen LogP contribution is -2.10. The van der Waals surface area contributed by atoms with E-state index in [-0.39, 0.29) is 11.8 Å². The molecule has 186 valence electrons. The third-order valence-electron chi connectivity index (χ3n) is 5.07. The molecule has 0 atom stereocenters. The van der Waals surface area contributed by atoms with E-state index in [1.165, 1.54) is 12.2 Å². The fourth-order valence-corrected chi connectivity index (χ4v) is 3.30. The van der Waals surface area contributed by atoms with Gasteiger partial charge in [0.05, 0.1) is 28.4 Å². The van der Waals surface area contributed by atoms with Crippen molar-refractivity contribution in [3.05, 3.63) is 83.9 Å². The second-order valence-electron chi connectivity index (χ2n) is 7.45. The Kier molecular flexibility index (Phi) is 9.11. The van der Waals surface area contributed by atoms with Crippen molar-refractivity contribution in [1.29, 1.82) is 0 Å². The number of methoxy groups -OCH3 is 4. The summed E-state index contributed by atoms with van der Waals surface area (Å²) in [5.41, 5.74) is 2.65. The van der Waals surface area contributed by atoms with Crippen LogP contribution in [0.3, 0.4) is 0 Å². The SMILES string of the molecule is COc1ccc(C=CC(=O)Nc2cccc(NC(=O)C=Cc3ccc(OC)c(OC)c3)c2)cc1OC. The lowest BCUT2D eigenvalue weighted by atomic mass is 10.2. The average molecular weight is 489 g/mol. The molecule has 0 unspecified atom stereocenters. The smallest absolute Gasteiger partial charge is 0.248 e. The van der Waals surface area contributed by atoms with Crippen LogP contribution in [0, 0.1) is 0 Å². The minimum atomic E-state index is -0.318. The Bertz CT molecular complexity index is 1190. The first kappa shape index (κ1) is 25.9. The van der Waals surface area contributed by atoms with E-state index >= 15 is 0 Å². The van der Waals surface area contributed by atoms with Gasteiger partial charge in [-0.05, 0) is 65.7 Å². The highest BCUT2D eigenvalue weighted by Gasteiger charge is 2.06. The number of amides is 2. The summed E-state index contributed by atoms with van der Waals surface area (Å²) in [5.74, 6) is 1.73. The highest BCUT2D eigenvalue weighted by atomic mass is 16.5. The molecule has 0 aliphatic rings. The van der Waals surface area contributed by atoms with Crippen LogP contribution in [-0.4, -0.2) is 40.3 Å². The average Bonchev–Trinajstić information content (AvgIpc) is 2.90. The van der Waals surface area contributed by atoms with Gasteiger partial charge in [0.15, 0.2) is 23.0 Å². The zero-order valence-corrected chi connectivity index (χ0v) is 20.5. The fourth-order valence-electron chi connectivity index (χ4n) is 3.30. The van der Waals surface area contributed by atoms with Crippen LogP contribution in [-0.2, 0) is 9.59 Å². The van der Waals surface area contributed by atoms with Gasteiger partial charge >= 0.3 is 0 Å². The van der Waals surface area contributed by atoms with Gasteiger partial charge in [-0.3, -0.25) is 9.59 Å². The Morgan fingerprint density at radius 2 is 1.00 bits per heavy atom. The lowest BCUT2D eigenvalue weighted by molar-refractivity contribution is -0.112. The molecule has 8 heteroatoms. The maximum Gasteiger partial charge on any atom is 0.248 e. The van der Waals surface area contributed by atoms with E-state index in [4.69, 9.17) is 18.9 Å². The van der Waals surface area contributed by atoms with Crippen LogP contribution in [0.2, 0.25) is 0 Å². The molecule has 3 rings (SSSR count). The van der Waals surface area contributed by atoms with Gasteiger partial charge in [0.2, 0.25) is 11.8 Å². The molecule has 0 saturated heterocycles. The molecule has 0 bridgehead atoms. The third kappa shape index (κ3) is 7.14. The molecule has 0 fully saturated rings. The number of carbonyl (C=O) groups excluding carboxylic acids is 2. The molecule has 0 saturated carbocycles. The lowest BCUT2D eigenvalue weighted by Gasteiger charge is -2.08. The fraction of sp³-hybridized carbons (Fsp3) is 0.143. The zero-order valence-electron chi connectivity index (χ0n) is 20.5. The summed E-state index contributed by atoms with van der Waals surface area (Å²) in [5, 5.41) is 5.56. The van der Waals surface area contributed by atoms with Gasteiger partial charge < -0.3 is 29.6 Å². The second-order valence-corrected chi connectivity index (χ2v) is 7.45. The monoisotopic (exact) mass is 488 g/mol. The number of ether oxygens (including phenoxy) is 4. The largest absolute Gasteiger partial charge is 0.493 e. The molecule has 36 heavy (non-hydrogen) atoms. The Balaban J connectivity index is 1.60. The standard InChI is InChI=1S/C28H28N2O6/c1-33-23-12-8-19(16-25(23)35-3)10-14-27(31)29-21-6-5-7-22(18-21)30-28(32)15-11-20-9-13-24(34-2)26(17-20)36-4/h5-18H,1-4H3,(H,29,31)(H,30,32). The zero-order chi connectivity index (χ0) is 25.9. The minimum Gasteiger partial charge on any atom is -0.493 e. The van der Waals surface area contributed by atoms with E-state index in [0.29, 0.717) is 34.4 Å². The van der Waals surface area contributed by atoms with Crippen molar-refractivity contribution >= 4 is 35.3 Å². The summed E-state index contributed by atoms with van der Waals surface area (Å²) in [6.45, 7) is 0. The van der Waals surface area contributed by atoms with Crippen molar-refractivity contribution in [2.45, 2.75) is 0 Å². The van der Waals surface area contributed by atoms with E-state index in [1.54, 1.807) is 89.1 Å². The van der Waals surface area contributed by atoms with Crippen molar-refractivity contribution in [2.24, 2.45) is 0 Å². The number of anilines is 2. The summed E-state index contributed by atoms with van der Waals surface area (Å²) in [4.78, 5) is 24.8. The molecule has 3 aromatic carbocycles. The summed E-state index contributed by atoms with van der Waals surface area (Å²) < 4.78 is 21.0. The molecule has 0 aliphatic heterocycles. The molecule has 0 aromatic heterocycles. The first-order valence-electron chi connectivity index (χ1n) is 11.0. The summed E-state index contributed by atoms with van der Waals surface area (Å²) in [7, 11) is 6.23. The van der Waals surface area contributed by atoms with Crippen LogP contribution < -0.4 is 29.6 Å². The molecule has 3 aromatic rings. The topological polar surface area (TPSA) is 95.1 Å². The number of benzene rings is 3.